The number of hydrogen-bond donors (Lipinski definition) is 1. The van der Waals surface area contributed by atoms with Crippen LogP contribution < -0.4 is 5.73 Å². The second-order valence-electron chi connectivity index (χ2n) is 6.11. The summed E-state index contributed by atoms with van der Waals surface area (Å²) in [5.74, 6) is -0.372. The zero-order valence-corrected chi connectivity index (χ0v) is 13.0. The molecule has 1 saturated heterocycles. The van der Waals surface area contributed by atoms with Gasteiger partial charge in [0.25, 0.3) is 5.91 Å². The fraction of sp³-hybridized carbons (Fsp3) is 0.692. The minimum atomic E-state index is -0.542. The highest BCUT2D eigenvalue weighted by Gasteiger charge is 2.28. The van der Waals surface area contributed by atoms with Crippen LogP contribution in [0.15, 0.2) is 4.63 Å². The van der Waals surface area contributed by atoms with Gasteiger partial charge < -0.3 is 20.3 Å². The number of carbonyl (C=O) groups excluding carboxylic acids is 2. The molecule has 1 aliphatic rings. The van der Waals surface area contributed by atoms with Gasteiger partial charge in [-0.3, -0.25) is 4.79 Å². The van der Waals surface area contributed by atoms with Gasteiger partial charge >= 0.3 is 6.09 Å². The largest absolute Gasteiger partial charge is 0.444 e. The highest BCUT2D eigenvalue weighted by Crippen LogP contribution is 2.14. The van der Waals surface area contributed by atoms with Gasteiger partial charge in [0.15, 0.2) is 0 Å². The first-order valence-electron chi connectivity index (χ1n) is 7.13. The number of amides is 2. The Kier molecular flexibility index (Phi) is 4.53. The van der Waals surface area contributed by atoms with Crippen molar-refractivity contribution >= 4 is 17.8 Å². The molecule has 2 rings (SSSR count). The van der Waals surface area contributed by atoms with Crippen LogP contribution in [0.5, 0.6) is 0 Å². The van der Waals surface area contributed by atoms with E-state index in [0.29, 0.717) is 32.6 Å². The number of rotatable bonds is 1. The summed E-state index contributed by atoms with van der Waals surface area (Å²) in [5.41, 5.74) is 5.00. The van der Waals surface area contributed by atoms with Crippen LogP contribution in [-0.2, 0) is 4.74 Å². The van der Waals surface area contributed by atoms with E-state index in [1.165, 1.54) is 0 Å². The molecule has 0 unspecified atom stereocenters. The van der Waals surface area contributed by atoms with Gasteiger partial charge in [-0.15, -0.1) is 0 Å². The maximum absolute atomic E-state index is 12.3. The topological polar surface area (TPSA) is 115 Å². The number of aromatic nitrogens is 2. The Balaban J connectivity index is 1.97. The molecule has 0 aliphatic carbocycles. The lowest BCUT2D eigenvalue weighted by Gasteiger charge is -2.26. The lowest BCUT2D eigenvalue weighted by atomic mass is 10.2. The molecule has 9 heteroatoms. The summed E-state index contributed by atoms with van der Waals surface area (Å²) in [4.78, 5) is 27.5. The predicted molar refractivity (Wildman–Crippen MR) is 77.0 cm³/mol. The van der Waals surface area contributed by atoms with Crippen molar-refractivity contribution in [2.75, 3.05) is 31.9 Å². The lowest BCUT2D eigenvalue weighted by molar-refractivity contribution is 0.0255. The number of carbonyl (C=O) groups is 2. The van der Waals surface area contributed by atoms with Crippen LogP contribution >= 0.6 is 0 Å². The van der Waals surface area contributed by atoms with Crippen LogP contribution in [0.25, 0.3) is 0 Å². The Morgan fingerprint density at radius 2 is 1.77 bits per heavy atom. The zero-order valence-electron chi connectivity index (χ0n) is 13.0. The van der Waals surface area contributed by atoms with Gasteiger partial charge in [-0.2, -0.15) is 0 Å². The Bertz CT molecular complexity index is 551. The van der Waals surface area contributed by atoms with Gasteiger partial charge in [0.2, 0.25) is 11.5 Å². The van der Waals surface area contributed by atoms with Gasteiger partial charge in [-0.05, 0) is 37.5 Å². The van der Waals surface area contributed by atoms with Crippen LogP contribution in [0.2, 0.25) is 0 Å². The van der Waals surface area contributed by atoms with Crippen molar-refractivity contribution in [3.05, 3.63) is 5.69 Å². The molecule has 122 valence electrons. The molecule has 2 heterocycles. The third-order valence-electron chi connectivity index (χ3n) is 3.15. The van der Waals surface area contributed by atoms with E-state index in [-0.39, 0.29) is 23.5 Å². The van der Waals surface area contributed by atoms with E-state index < -0.39 is 5.60 Å². The summed E-state index contributed by atoms with van der Waals surface area (Å²) < 4.78 is 9.79. The minimum absolute atomic E-state index is 0.00529. The molecule has 0 spiro atoms. The molecule has 2 amide bonds. The zero-order chi connectivity index (χ0) is 16.3. The monoisotopic (exact) mass is 311 g/mol. The first-order valence-corrected chi connectivity index (χ1v) is 7.13. The average molecular weight is 311 g/mol. The molecule has 0 atom stereocenters. The molecule has 1 aliphatic heterocycles. The van der Waals surface area contributed by atoms with Crippen molar-refractivity contribution in [3.63, 3.8) is 0 Å². The van der Waals surface area contributed by atoms with Crippen molar-refractivity contribution in [1.29, 1.82) is 0 Å². The van der Waals surface area contributed by atoms with Gasteiger partial charge in [0.05, 0.1) is 0 Å². The first-order chi connectivity index (χ1) is 10.3. The van der Waals surface area contributed by atoms with E-state index in [9.17, 15) is 9.59 Å². The smallest absolute Gasteiger partial charge is 0.410 e. The average Bonchev–Trinajstić information content (AvgIpc) is 2.70. The van der Waals surface area contributed by atoms with Crippen LogP contribution in [0.3, 0.4) is 0 Å². The number of anilines is 1. The number of nitrogens with two attached hydrogens (primary N) is 1. The van der Waals surface area contributed by atoms with Gasteiger partial charge in [-0.25, -0.2) is 9.42 Å². The lowest BCUT2D eigenvalue weighted by Crippen LogP contribution is -2.40. The van der Waals surface area contributed by atoms with Gasteiger partial charge in [0.1, 0.15) is 5.60 Å². The second-order valence-corrected chi connectivity index (χ2v) is 6.11. The van der Waals surface area contributed by atoms with Gasteiger partial charge in [-0.1, -0.05) is 0 Å². The highest BCUT2D eigenvalue weighted by atomic mass is 16.6. The molecule has 0 bridgehead atoms. The maximum atomic E-state index is 12.3. The first kappa shape index (κ1) is 16.1. The summed E-state index contributed by atoms with van der Waals surface area (Å²) in [5, 5.41) is 6.92. The Morgan fingerprint density at radius 3 is 2.36 bits per heavy atom. The van der Waals surface area contributed by atoms with Crippen LogP contribution in [-0.4, -0.2) is 63.9 Å². The summed E-state index contributed by atoms with van der Waals surface area (Å²) in [6.07, 6.45) is 0.278. The van der Waals surface area contributed by atoms with E-state index in [4.69, 9.17) is 10.5 Å². The standard InChI is InChI=1S/C13H21N5O4/c1-13(2,3)21-12(20)18-6-4-5-17(7-8-18)11(19)9-10(14)16-22-15-9/h4-8H2,1-3H3,(H2,14,16). The molecule has 0 radical (unpaired) electrons. The molecule has 1 aromatic rings. The third-order valence-corrected chi connectivity index (χ3v) is 3.15. The maximum Gasteiger partial charge on any atom is 0.410 e. The van der Waals surface area contributed by atoms with E-state index in [0.717, 1.165) is 0 Å². The Morgan fingerprint density at radius 1 is 1.14 bits per heavy atom. The van der Waals surface area contributed by atoms with Crippen molar-refractivity contribution in [3.8, 4) is 0 Å². The van der Waals surface area contributed by atoms with E-state index in [1.807, 2.05) is 20.8 Å². The van der Waals surface area contributed by atoms with Crippen molar-refractivity contribution in [1.82, 2.24) is 20.1 Å². The molecule has 1 aromatic heterocycles. The molecule has 1 fully saturated rings. The van der Waals surface area contributed by atoms with Crippen LogP contribution in [0.4, 0.5) is 10.6 Å². The number of nitrogen functional groups attached to an aromatic ring is 1. The van der Waals surface area contributed by atoms with Crippen LogP contribution in [0, 0.1) is 0 Å². The fourth-order valence-corrected chi connectivity index (χ4v) is 2.12. The fourth-order valence-electron chi connectivity index (χ4n) is 2.12. The number of nitrogens with zero attached hydrogens (tertiary/aromatic N) is 4. The highest BCUT2D eigenvalue weighted by molar-refractivity contribution is 5.96. The number of ether oxygens (including phenoxy) is 1. The second kappa shape index (κ2) is 6.20. The molecular formula is C13H21N5O4. The van der Waals surface area contributed by atoms with E-state index in [2.05, 4.69) is 14.9 Å². The van der Waals surface area contributed by atoms with Gasteiger partial charge in [0, 0.05) is 26.2 Å². The van der Waals surface area contributed by atoms with E-state index in [1.54, 1.807) is 9.80 Å². The Hall–Kier alpha value is -2.32. The third kappa shape index (κ3) is 3.86. The quantitative estimate of drug-likeness (QED) is 0.813. The molecule has 9 nitrogen and oxygen atoms in total. The van der Waals surface area contributed by atoms with E-state index >= 15 is 0 Å². The normalized spacial score (nSPS) is 16.3. The van der Waals surface area contributed by atoms with Crippen molar-refractivity contribution < 1.29 is 19.0 Å². The van der Waals surface area contributed by atoms with Crippen molar-refractivity contribution in [2.24, 2.45) is 0 Å². The Labute approximate surface area is 128 Å². The SMILES string of the molecule is CC(C)(C)OC(=O)N1CCCN(C(=O)c2nonc2N)CC1. The summed E-state index contributed by atoms with van der Waals surface area (Å²) in [6, 6.07) is 0. The van der Waals surface area contributed by atoms with Crippen LogP contribution in [0.1, 0.15) is 37.7 Å². The summed E-state index contributed by atoms with van der Waals surface area (Å²) >= 11 is 0. The molecular weight excluding hydrogens is 290 g/mol. The summed E-state index contributed by atoms with van der Waals surface area (Å²) in [6.45, 7) is 7.27. The molecule has 22 heavy (non-hydrogen) atoms. The number of hydrogen-bond acceptors (Lipinski definition) is 7. The molecule has 0 saturated carbocycles. The predicted octanol–water partition coefficient (Wildman–Crippen LogP) is 0.735. The summed E-state index contributed by atoms with van der Waals surface area (Å²) in [7, 11) is 0. The minimum Gasteiger partial charge on any atom is -0.444 e. The van der Waals surface area contributed by atoms with Crippen molar-refractivity contribution in [2.45, 2.75) is 32.8 Å². The molecule has 2 N–H and O–H groups in total. The molecule has 0 aromatic carbocycles.